The standard InChI is InChI=1S/C27H23NO3/c1-19(24-11-4-5-12-25(24)27(29)30-2)31-23-10-7-8-20(18-23)14-16-22-17-15-21-9-3-6-13-26(21)28-22/h3-19H,1-2H3/b16-14+. The van der Waals surface area contributed by atoms with Crippen molar-refractivity contribution in [1.29, 1.82) is 0 Å². The van der Waals surface area contributed by atoms with Crippen LogP contribution in [0.1, 0.15) is 40.2 Å². The Morgan fingerprint density at radius 3 is 2.58 bits per heavy atom. The quantitative estimate of drug-likeness (QED) is 0.349. The molecule has 0 spiro atoms. The van der Waals surface area contributed by atoms with E-state index in [4.69, 9.17) is 9.47 Å². The van der Waals surface area contributed by atoms with Crippen molar-refractivity contribution in [1.82, 2.24) is 4.98 Å². The van der Waals surface area contributed by atoms with Gasteiger partial charge in [-0.25, -0.2) is 9.78 Å². The average Bonchev–Trinajstić information content (AvgIpc) is 2.82. The number of hydrogen-bond donors (Lipinski definition) is 0. The molecule has 4 heteroatoms. The van der Waals surface area contributed by atoms with Crippen LogP contribution in [0.4, 0.5) is 0 Å². The Bertz CT molecular complexity index is 1250. The fraction of sp³-hybridized carbons (Fsp3) is 0.111. The molecule has 154 valence electrons. The van der Waals surface area contributed by atoms with Crippen LogP contribution in [-0.4, -0.2) is 18.1 Å². The summed E-state index contributed by atoms with van der Waals surface area (Å²) in [7, 11) is 1.38. The fourth-order valence-electron chi connectivity index (χ4n) is 3.46. The summed E-state index contributed by atoms with van der Waals surface area (Å²) in [6.07, 6.45) is 3.69. The minimum Gasteiger partial charge on any atom is -0.486 e. The van der Waals surface area contributed by atoms with Crippen LogP contribution in [0.2, 0.25) is 0 Å². The molecule has 4 aromatic rings. The molecule has 0 aliphatic rings. The second-order valence-corrected chi connectivity index (χ2v) is 7.17. The third kappa shape index (κ3) is 4.81. The first-order chi connectivity index (χ1) is 15.1. The maximum Gasteiger partial charge on any atom is 0.338 e. The van der Waals surface area contributed by atoms with Crippen molar-refractivity contribution in [3.63, 3.8) is 0 Å². The Morgan fingerprint density at radius 1 is 0.903 bits per heavy atom. The van der Waals surface area contributed by atoms with Gasteiger partial charge in [-0.15, -0.1) is 0 Å². The van der Waals surface area contributed by atoms with Crippen molar-refractivity contribution < 1.29 is 14.3 Å². The van der Waals surface area contributed by atoms with Crippen molar-refractivity contribution >= 4 is 29.0 Å². The Kier molecular flexibility index (Phi) is 6.08. The highest BCUT2D eigenvalue weighted by atomic mass is 16.5. The Hall–Kier alpha value is -3.92. The highest BCUT2D eigenvalue weighted by molar-refractivity contribution is 5.91. The maximum atomic E-state index is 12.1. The van der Waals surface area contributed by atoms with Crippen LogP contribution in [0.15, 0.2) is 84.9 Å². The summed E-state index contributed by atoms with van der Waals surface area (Å²) >= 11 is 0. The van der Waals surface area contributed by atoms with Gasteiger partial charge >= 0.3 is 5.97 Å². The number of aromatic nitrogens is 1. The molecule has 0 aliphatic carbocycles. The summed E-state index contributed by atoms with van der Waals surface area (Å²) in [4.78, 5) is 16.7. The van der Waals surface area contributed by atoms with Gasteiger partial charge in [-0.2, -0.15) is 0 Å². The first-order valence-corrected chi connectivity index (χ1v) is 10.1. The lowest BCUT2D eigenvalue weighted by molar-refractivity contribution is 0.0595. The Balaban J connectivity index is 1.52. The van der Waals surface area contributed by atoms with Crippen molar-refractivity contribution in [3.8, 4) is 5.75 Å². The summed E-state index contributed by atoms with van der Waals surface area (Å²) in [6.45, 7) is 1.92. The molecule has 3 aromatic carbocycles. The summed E-state index contributed by atoms with van der Waals surface area (Å²) in [5, 5.41) is 1.12. The third-order valence-electron chi connectivity index (χ3n) is 5.04. The largest absolute Gasteiger partial charge is 0.486 e. The van der Waals surface area contributed by atoms with Gasteiger partial charge in [0.15, 0.2) is 0 Å². The number of ether oxygens (including phenoxy) is 2. The molecule has 0 N–H and O–H groups in total. The van der Waals surface area contributed by atoms with Crippen molar-refractivity contribution in [2.75, 3.05) is 7.11 Å². The number of benzene rings is 3. The van der Waals surface area contributed by atoms with Crippen molar-refractivity contribution in [3.05, 3.63) is 107 Å². The van der Waals surface area contributed by atoms with Crippen molar-refractivity contribution in [2.24, 2.45) is 0 Å². The van der Waals surface area contributed by atoms with E-state index in [9.17, 15) is 4.79 Å². The highest BCUT2D eigenvalue weighted by Crippen LogP contribution is 2.26. The molecule has 0 fully saturated rings. The second kappa shape index (κ2) is 9.26. The van der Waals surface area contributed by atoms with Gasteiger partial charge in [0.1, 0.15) is 11.9 Å². The molecule has 4 rings (SSSR count). The van der Waals surface area contributed by atoms with Gasteiger partial charge in [0.2, 0.25) is 0 Å². The summed E-state index contributed by atoms with van der Waals surface area (Å²) in [5.74, 6) is 0.353. The zero-order chi connectivity index (χ0) is 21.6. The predicted molar refractivity (Wildman–Crippen MR) is 124 cm³/mol. The number of pyridine rings is 1. The second-order valence-electron chi connectivity index (χ2n) is 7.17. The van der Waals surface area contributed by atoms with E-state index in [0.717, 1.165) is 33.5 Å². The topological polar surface area (TPSA) is 48.4 Å². The van der Waals surface area contributed by atoms with E-state index in [1.807, 2.05) is 85.8 Å². The fourth-order valence-corrected chi connectivity index (χ4v) is 3.46. The SMILES string of the molecule is COC(=O)c1ccccc1C(C)Oc1cccc(/C=C/c2ccc3ccccc3n2)c1. The van der Waals surface area contributed by atoms with E-state index in [-0.39, 0.29) is 12.1 Å². The molecule has 31 heavy (non-hydrogen) atoms. The van der Waals surface area contributed by atoms with Gasteiger partial charge in [-0.3, -0.25) is 0 Å². The van der Waals surface area contributed by atoms with Gasteiger partial charge in [0.25, 0.3) is 0 Å². The average molecular weight is 409 g/mol. The number of carbonyl (C=O) groups excluding carboxylic acids is 1. The van der Waals surface area contributed by atoms with Gasteiger partial charge in [0.05, 0.1) is 23.9 Å². The highest BCUT2D eigenvalue weighted by Gasteiger charge is 2.17. The molecule has 0 bridgehead atoms. The van der Waals surface area contributed by atoms with Gasteiger partial charge in [-0.05, 0) is 48.9 Å². The predicted octanol–water partition coefficient (Wildman–Crippen LogP) is 6.33. The number of fused-ring (bicyclic) bond motifs is 1. The van der Waals surface area contributed by atoms with Crippen LogP contribution in [0.5, 0.6) is 5.75 Å². The number of carbonyl (C=O) groups is 1. The molecule has 1 heterocycles. The van der Waals surface area contributed by atoms with E-state index >= 15 is 0 Å². The minimum atomic E-state index is -0.370. The molecular formula is C27H23NO3. The van der Waals surface area contributed by atoms with Gasteiger partial charge in [0, 0.05) is 10.9 Å². The van der Waals surface area contributed by atoms with Crippen LogP contribution in [-0.2, 0) is 4.74 Å². The lowest BCUT2D eigenvalue weighted by Gasteiger charge is -2.18. The first kappa shape index (κ1) is 20.4. The lowest BCUT2D eigenvalue weighted by atomic mass is 10.0. The van der Waals surface area contributed by atoms with Crippen LogP contribution >= 0.6 is 0 Å². The zero-order valence-corrected chi connectivity index (χ0v) is 17.5. The summed E-state index contributed by atoms with van der Waals surface area (Å²) in [6, 6.07) is 27.3. The van der Waals surface area contributed by atoms with Crippen LogP contribution in [0, 0.1) is 0 Å². The van der Waals surface area contributed by atoms with Crippen LogP contribution in [0.25, 0.3) is 23.1 Å². The van der Waals surface area contributed by atoms with E-state index in [1.165, 1.54) is 7.11 Å². The molecule has 0 amide bonds. The molecule has 4 nitrogen and oxygen atoms in total. The Morgan fingerprint density at radius 2 is 1.71 bits per heavy atom. The van der Waals surface area contributed by atoms with Crippen LogP contribution in [0.3, 0.4) is 0 Å². The van der Waals surface area contributed by atoms with E-state index in [1.54, 1.807) is 6.07 Å². The van der Waals surface area contributed by atoms with E-state index in [2.05, 4.69) is 17.1 Å². The zero-order valence-electron chi connectivity index (χ0n) is 17.5. The molecular weight excluding hydrogens is 386 g/mol. The number of nitrogens with zero attached hydrogens (tertiary/aromatic N) is 1. The van der Waals surface area contributed by atoms with Gasteiger partial charge < -0.3 is 9.47 Å². The summed E-state index contributed by atoms with van der Waals surface area (Å²) in [5.41, 5.74) is 4.16. The van der Waals surface area contributed by atoms with Crippen molar-refractivity contribution in [2.45, 2.75) is 13.0 Å². The van der Waals surface area contributed by atoms with Gasteiger partial charge in [-0.1, -0.05) is 60.7 Å². The number of rotatable bonds is 6. The molecule has 0 saturated carbocycles. The normalized spacial score (nSPS) is 12.1. The molecule has 0 saturated heterocycles. The molecule has 1 atom stereocenters. The molecule has 0 radical (unpaired) electrons. The Labute approximate surface area is 181 Å². The number of hydrogen-bond acceptors (Lipinski definition) is 4. The van der Waals surface area contributed by atoms with E-state index in [0.29, 0.717) is 5.56 Å². The monoisotopic (exact) mass is 409 g/mol. The van der Waals surface area contributed by atoms with Crippen LogP contribution < -0.4 is 4.74 Å². The smallest absolute Gasteiger partial charge is 0.338 e. The maximum absolute atomic E-state index is 12.1. The molecule has 1 unspecified atom stereocenters. The number of methoxy groups -OCH3 is 1. The summed E-state index contributed by atoms with van der Waals surface area (Å²) < 4.78 is 11.0. The molecule has 0 aliphatic heterocycles. The first-order valence-electron chi connectivity index (χ1n) is 10.1. The van der Waals surface area contributed by atoms with E-state index < -0.39 is 0 Å². The minimum absolute atomic E-state index is 0.309. The third-order valence-corrected chi connectivity index (χ3v) is 5.04. The number of esters is 1. The number of para-hydroxylation sites is 1. The lowest BCUT2D eigenvalue weighted by Crippen LogP contribution is -2.11. The molecule has 1 aromatic heterocycles.